The molecule has 0 saturated carbocycles. The second kappa shape index (κ2) is 8.60. The molecule has 0 saturated heterocycles. The van der Waals surface area contributed by atoms with E-state index in [0.717, 1.165) is 76.9 Å². The predicted molar refractivity (Wildman–Crippen MR) is 172 cm³/mol. The van der Waals surface area contributed by atoms with E-state index in [4.69, 9.17) is 15.4 Å². The van der Waals surface area contributed by atoms with Gasteiger partial charge >= 0.3 is 0 Å². The number of aromatic nitrogens is 1. The Hall–Kier alpha value is -6.30. The summed E-state index contributed by atoms with van der Waals surface area (Å²) in [6, 6.07) is 40.8. The highest BCUT2D eigenvalue weighted by atomic mass is 16.3. The quantitative estimate of drug-likeness (QED) is 0.202. The molecule has 0 aliphatic heterocycles. The van der Waals surface area contributed by atoms with Crippen molar-refractivity contribution in [2.75, 3.05) is 0 Å². The standard InChI is InChI=1S/C38H19N3O2/c1-40-24-14-15-28-30-19-37-31(20-36(30)43-35(28)18-24)29-17-22(13-16-34(29)42-37)25-10-6-7-23(21-39)38(25)41-32-11-4-2-8-26(32)27-9-3-5-12-33(27)41/h2-20H. The number of furan rings is 2. The summed E-state index contributed by atoms with van der Waals surface area (Å²) in [5.41, 5.74) is 9.02. The average Bonchev–Trinajstić information content (AvgIpc) is 3.71. The molecular weight excluding hydrogens is 530 g/mol. The first-order valence-electron chi connectivity index (χ1n) is 13.9. The summed E-state index contributed by atoms with van der Waals surface area (Å²) in [4.78, 5) is 3.54. The van der Waals surface area contributed by atoms with Crippen molar-refractivity contribution in [2.45, 2.75) is 0 Å². The minimum absolute atomic E-state index is 0.545. The molecule has 6 aromatic carbocycles. The summed E-state index contributed by atoms with van der Waals surface area (Å²) >= 11 is 0. The third kappa shape index (κ3) is 3.25. The lowest BCUT2D eigenvalue weighted by atomic mass is 9.98. The molecule has 3 heterocycles. The lowest BCUT2D eigenvalue weighted by molar-refractivity contribution is 0.664. The molecule has 9 aromatic rings. The Labute approximate surface area is 244 Å². The number of hydrogen-bond acceptors (Lipinski definition) is 3. The van der Waals surface area contributed by atoms with E-state index in [1.54, 1.807) is 6.07 Å². The van der Waals surface area contributed by atoms with Crippen LogP contribution in [0.25, 0.3) is 87.3 Å². The highest BCUT2D eigenvalue weighted by Gasteiger charge is 2.20. The molecule has 198 valence electrons. The van der Waals surface area contributed by atoms with Crippen LogP contribution in [0.15, 0.2) is 124 Å². The Morgan fingerprint density at radius 2 is 1.23 bits per heavy atom. The van der Waals surface area contributed by atoms with Gasteiger partial charge in [-0.1, -0.05) is 66.7 Å². The van der Waals surface area contributed by atoms with Crippen LogP contribution < -0.4 is 0 Å². The highest BCUT2D eigenvalue weighted by Crippen LogP contribution is 2.41. The van der Waals surface area contributed by atoms with Gasteiger partial charge in [-0.3, -0.25) is 0 Å². The van der Waals surface area contributed by atoms with Gasteiger partial charge in [0.15, 0.2) is 5.69 Å². The predicted octanol–water partition coefficient (Wildman–Crippen LogP) is 10.7. The summed E-state index contributed by atoms with van der Waals surface area (Å²) in [5.74, 6) is 0. The van der Waals surface area contributed by atoms with E-state index in [0.29, 0.717) is 16.8 Å². The van der Waals surface area contributed by atoms with Crippen molar-refractivity contribution < 1.29 is 8.83 Å². The first-order valence-corrected chi connectivity index (χ1v) is 13.9. The van der Waals surface area contributed by atoms with Crippen LogP contribution in [0.5, 0.6) is 0 Å². The van der Waals surface area contributed by atoms with Crippen LogP contribution in [-0.2, 0) is 0 Å². The molecule has 0 fully saturated rings. The zero-order valence-corrected chi connectivity index (χ0v) is 22.6. The molecule has 9 rings (SSSR count). The third-order valence-corrected chi connectivity index (χ3v) is 8.45. The summed E-state index contributed by atoms with van der Waals surface area (Å²) in [7, 11) is 0. The number of nitrogens with zero attached hydrogens (tertiary/aromatic N) is 3. The Morgan fingerprint density at radius 3 is 1.95 bits per heavy atom. The summed E-state index contributed by atoms with van der Waals surface area (Å²) < 4.78 is 14.7. The topological polar surface area (TPSA) is 59.4 Å². The van der Waals surface area contributed by atoms with Crippen molar-refractivity contribution in [3.63, 3.8) is 0 Å². The fourth-order valence-corrected chi connectivity index (χ4v) is 6.54. The van der Waals surface area contributed by atoms with Crippen molar-refractivity contribution in [1.82, 2.24) is 4.57 Å². The molecule has 0 aliphatic rings. The lowest BCUT2D eigenvalue weighted by Crippen LogP contribution is -2.00. The monoisotopic (exact) mass is 549 g/mol. The van der Waals surface area contributed by atoms with E-state index in [1.165, 1.54) is 0 Å². The zero-order chi connectivity index (χ0) is 28.7. The van der Waals surface area contributed by atoms with Crippen LogP contribution in [0.1, 0.15) is 5.56 Å². The first kappa shape index (κ1) is 23.4. The first-order chi connectivity index (χ1) is 21.2. The maximum absolute atomic E-state index is 10.3. The molecule has 5 nitrogen and oxygen atoms in total. The Balaban J connectivity index is 1.31. The molecule has 0 spiro atoms. The van der Waals surface area contributed by atoms with Gasteiger partial charge in [0, 0.05) is 37.9 Å². The zero-order valence-electron chi connectivity index (χ0n) is 22.6. The number of hydrogen-bond donors (Lipinski definition) is 0. The Bertz CT molecular complexity index is 2650. The molecule has 0 atom stereocenters. The van der Waals surface area contributed by atoms with Crippen LogP contribution in [0.2, 0.25) is 0 Å². The molecule has 0 N–H and O–H groups in total. The minimum atomic E-state index is 0.545. The molecule has 0 unspecified atom stereocenters. The van der Waals surface area contributed by atoms with E-state index < -0.39 is 0 Å². The number of fused-ring (bicyclic) bond motifs is 9. The normalized spacial score (nSPS) is 11.7. The van der Waals surface area contributed by atoms with Gasteiger partial charge in [-0.15, -0.1) is 0 Å². The Kier molecular flexibility index (Phi) is 4.68. The van der Waals surface area contributed by atoms with Gasteiger partial charge in [-0.25, -0.2) is 4.85 Å². The third-order valence-electron chi connectivity index (χ3n) is 8.45. The van der Waals surface area contributed by atoms with Gasteiger partial charge in [0.25, 0.3) is 0 Å². The second-order valence-corrected chi connectivity index (χ2v) is 10.7. The second-order valence-electron chi connectivity index (χ2n) is 10.7. The van der Waals surface area contributed by atoms with Gasteiger partial charge < -0.3 is 13.4 Å². The average molecular weight is 550 g/mol. The lowest BCUT2D eigenvalue weighted by Gasteiger charge is -2.16. The number of para-hydroxylation sites is 3. The maximum atomic E-state index is 10.3. The molecule has 0 amide bonds. The number of benzene rings is 6. The van der Waals surface area contributed by atoms with Gasteiger partial charge in [0.2, 0.25) is 0 Å². The van der Waals surface area contributed by atoms with Crippen molar-refractivity contribution in [1.29, 1.82) is 5.26 Å². The van der Waals surface area contributed by atoms with E-state index in [1.807, 2.05) is 54.6 Å². The van der Waals surface area contributed by atoms with Crippen LogP contribution in [0, 0.1) is 17.9 Å². The van der Waals surface area contributed by atoms with E-state index in [9.17, 15) is 5.26 Å². The van der Waals surface area contributed by atoms with Gasteiger partial charge in [-0.05, 0) is 54.1 Å². The molecule has 43 heavy (non-hydrogen) atoms. The fourth-order valence-electron chi connectivity index (χ4n) is 6.54. The summed E-state index contributed by atoms with van der Waals surface area (Å²) in [6.07, 6.45) is 0. The maximum Gasteiger partial charge on any atom is 0.190 e. The van der Waals surface area contributed by atoms with Crippen LogP contribution >= 0.6 is 0 Å². The molecular formula is C38H19N3O2. The van der Waals surface area contributed by atoms with Gasteiger partial charge in [-0.2, -0.15) is 5.26 Å². The van der Waals surface area contributed by atoms with Crippen molar-refractivity contribution >= 4 is 71.4 Å². The van der Waals surface area contributed by atoms with Crippen LogP contribution in [0.3, 0.4) is 0 Å². The smallest absolute Gasteiger partial charge is 0.190 e. The fraction of sp³-hybridized carbons (Fsp3) is 0. The molecule has 0 bridgehead atoms. The van der Waals surface area contributed by atoms with Crippen LogP contribution in [0.4, 0.5) is 5.69 Å². The van der Waals surface area contributed by atoms with Crippen LogP contribution in [-0.4, -0.2) is 4.57 Å². The van der Waals surface area contributed by atoms with Gasteiger partial charge in [0.1, 0.15) is 28.4 Å². The molecule has 0 radical (unpaired) electrons. The number of nitriles is 1. The SMILES string of the molecule is [C-]#[N+]c1ccc2c(c1)oc1cc3c(cc12)oc1ccc(-c2cccc(C#N)c2-n2c4ccccc4c4ccccc42)cc13. The molecule has 0 aliphatic carbocycles. The summed E-state index contributed by atoms with van der Waals surface area (Å²) in [6.45, 7) is 7.34. The van der Waals surface area contributed by atoms with E-state index >= 15 is 0 Å². The minimum Gasteiger partial charge on any atom is -0.457 e. The van der Waals surface area contributed by atoms with E-state index in [2.05, 4.69) is 70.1 Å². The largest absolute Gasteiger partial charge is 0.457 e. The molecule has 3 aromatic heterocycles. The number of rotatable bonds is 2. The summed E-state index contributed by atoms with van der Waals surface area (Å²) in [5, 5.41) is 16.4. The van der Waals surface area contributed by atoms with E-state index in [-0.39, 0.29) is 0 Å². The van der Waals surface area contributed by atoms with Crippen molar-refractivity contribution in [2.24, 2.45) is 0 Å². The van der Waals surface area contributed by atoms with Crippen molar-refractivity contribution in [3.05, 3.63) is 132 Å². The van der Waals surface area contributed by atoms with Crippen molar-refractivity contribution in [3.8, 4) is 22.9 Å². The van der Waals surface area contributed by atoms with Gasteiger partial charge in [0.05, 0.1) is 28.9 Å². The molecule has 5 heteroatoms. The Morgan fingerprint density at radius 1 is 0.581 bits per heavy atom. The highest BCUT2D eigenvalue weighted by molar-refractivity contribution is 6.16.